The molecule has 120 valence electrons. The molecule has 0 saturated carbocycles. The van der Waals surface area contributed by atoms with Gasteiger partial charge < -0.3 is 15.5 Å². The van der Waals surface area contributed by atoms with Crippen LogP contribution in [-0.2, 0) is 4.79 Å². The number of carbonyl (C=O) groups is 1. The summed E-state index contributed by atoms with van der Waals surface area (Å²) in [4.78, 5) is 17.4. The van der Waals surface area contributed by atoms with Crippen molar-refractivity contribution < 1.29 is 4.79 Å². The fourth-order valence-corrected chi connectivity index (χ4v) is 1.34. The van der Waals surface area contributed by atoms with E-state index in [1.165, 1.54) is 0 Å². The zero-order valence-corrected chi connectivity index (χ0v) is 16.5. The van der Waals surface area contributed by atoms with Crippen LogP contribution in [0.5, 0.6) is 0 Å². The van der Waals surface area contributed by atoms with E-state index in [4.69, 9.17) is 0 Å². The highest BCUT2D eigenvalue weighted by Crippen LogP contribution is 2.02. The fourth-order valence-electron chi connectivity index (χ4n) is 1.09. The number of hydrogen-bond acceptors (Lipinski definition) is 3. The van der Waals surface area contributed by atoms with Crippen molar-refractivity contribution in [1.29, 1.82) is 0 Å². The quantitative estimate of drug-likeness (QED) is 0.377. The molecule has 7 heteroatoms. The molecule has 2 N–H and O–H groups in total. The number of nitrogens with one attached hydrogen (secondary N) is 2. The van der Waals surface area contributed by atoms with Crippen LogP contribution in [0.2, 0.25) is 0 Å². The summed E-state index contributed by atoms with van der Waals surface area (Å²) in [6.45, 7) is 8.29. The number of hydrogen-bond donors (Lipinski definition) is 2. The van der Waals surface area contributed by atoms with Gasteiger partial charge in [0.1, 0.15) is 6.54 Å². The Morgan fingerprint density at radius 3 is 2.20 bits per heavy atom. The van der Waals surface area contributed by atoms with Gasteiger partial charge in [-0.25, -0.2) is 4.99 Å². The van der Waals surface area contributed by atoms with E-state index in [1.807, 2.05) is 0 Å². The van der Waals surface area contributed by atoms with E-state index < -0.39 is 0 Å². The average molecular weight is 416 g/mol. The van der Waals surface area contributed by atoms with Crippen LogP contribution in [0.25, 0.3) is 0 Å². The Kier molecular flexibility index (Phi) is 13.9. The third-order valence-corrected chi connectivity index (χ3v) is 3.48. The number of guanidine groups is 1. The first-order chi connectivity index (χ1) is 8.86. The Hall–Kier alpha value is -0.180. The highest BCUT2D eigenvalue weighted by molar-refractivity contribution is 14.0. The van der Waals surface area contributed by atoms with Crippen LogP contribution in [0.1, 0.15) is 20.8 Å². The average Bonchev–Trinajstić information content (AvgIpc) is 2.36. The molecule has 20 heavy (non-hydrogen) atoms. The number of rotatable bonds is 7. The summed E-state index contributed by atoms with van der Waals surface area (Å²) < 4.78 is 0. The van der Waals surface area contributed by atoms with Gasteiger partial charge in [0.15, 0.2) is 5.96 Å². The Morgan fingerprint density at radius 1 is 1.20 bits per heavy atom. The summed E-state index contributed by atoms with van der Waals surface area (Å²) in [6, 6.07) is 0. The van der Waals surface area contributed by atoms with Gasteiger partial charge in [0.2, 0.25) is 5.91 Å². The second kappa shape index (κ2) is 12.6. The van der Waals surface area contributed by atoms with Crippen LogP contribution < -0.4 is 10.6 Å². The van der Waals surface area contributed by atoms with Crippen LogP contribution in [0, 0.1) is 5.92 Å². The largest absolute Gasteiger partial charge is 0.356 e. The molecule has 1 unspecified atom stereocenters. The molecule has 0 aliphatic carbocycles. The molecule has 0 aromatic carbocycles. The van der Waals surface area contributed by atoms with Crippen LogP contribution >= 0.6 is 35.7 Å². The molecular weight excluding hydrogens is 387 g/mol. The summed E-state index contributed by atoms with van der Waals surface area (Å²) in [5.74, 6) is 1.25. The van der Waals surface area contributed by atoms with Crippen molar-refractivity contribution in [2.75, 3.05) is 40.0 Å². The molecule has 0 heterocycles. The van der Waals surface area contributed by atoms with Gasteiger partial charge in [-0.1, -0.05) is 20.8 Å². The van der Waals surface area contributed by atoms with Crippen molar-refractivity contribution in [2.24, 2.45) is 10.9 Å². The molecule has 1 amide bonds. The number of nitrogens with zero attached hydrogens (tertiary/aromatic N) is 2. The molecule has 0 spiro atoms. The van der Waals surface area contributed by atoms with E-state index in [9.17, 15) is 4.79 Å². The highest BCUT2D eigenvalue weighted by atomic mass is 127. The summed E-state index contributed by atoms with van der Waals surface area (Å²) in [7, 11) is 3.48. The number of carbonyl (C=O) groups excluding carboxylic acids is 1. The maximum Gasteiger partial charge on any atom is 0.243 e. The SMILES string of the molecule is CSC(C)CNC(=NCC(=O)N(C)C)NCC(C)C.I. The van der Waals surface area contributed by atoms with E-state index in [0.29, 0.717) is 17.1 Å². The topological polar surface area (TPSA) is 56.7 Å². The number of thioether (sulfide) groups is 1. The fraction of sp³-hybridized carbons (Fsp3) is 0.846. The van der Waals surface area contributed by atoms with Crippen molar-refractivity contribution >= 4 is 47.6 Å². The number of likely N-dealkylation sites (N-methyl/N-ethyl adjacent to an activating group) is 1. The van der Waals surface area contributed by atoms with E-state index in [1.54, 1.807) is 30.8 Å². The third-order valence-electron chi connectivity index (χ3n) is 2.51. The maximum absolute atomic E-state index is 11.5. The lowest BCUT2D eigenvalue weighted by Gasteiger charge is -2.16. The minimum Gasteiger partial charge on any atom is -0.356 e. The highest BCUT2D eigenvalue weighted by Gasteiger charge is 2.06. The molecule has 0 aliphatic rings. The zero-order chi connectivity index (χ0) is 14.8. The van der Waals surface area contributed by atoms with Crippen LogP contribution in [0.3, 0.4) is 0 Å². The standard InChI is InChI=1S/C13H28N4OS.HI/c1-10(2)7-14-13(15-8-11(3)19-6)16-9-12(18)17(4)5;/h10-11H,7-9H2,1-6H3,(H2,14,15,16);1H. The summed E-state index contributed by atoms with van der Waals surface area (Å²) >= 11 is 1.80. The lowest BCUT2D eigenvalue weighted by molar-refractivity contribution is -0.127. The monoisotopic (exact) mass is 416 g/mol. The predicted octanol–water partition coefficient (Wildman–Crippen LogP) is 1.64. The molecule has 1 atom stereocenters. The minimum atomic E-state index is 0. The number of amides is 1. The number of aliphatic imine (C=N–C) groups is 1. The third kappa shape index (κ3) is 11.6. The van der Waals surface area contributed by atoms with Gasteiger partial charge in [0.25, 0.3) is 0 Å². The summed E-state index contributed by atoms with van der Waals surface area (Å²) in [6.07, 6.45) is 2.08. The molecule has 0 aromatic heterocycles. The van der Waals surface area contributed by atoms with Gasteiger partial charge in [-0.3, -0.25) is 4.79 Å². The molecule has 0 saturated heterocycles. The Balaban J connectivity index is 0. The predicted molar refractivity (Wildman–Crippen MR) is 100 cm³/mol. The normalized spacial score (nSPS) is 12.7. The van der Waals surface area contributed by atoms with E-state index >= 15 is 0 Å². The van der Waals surface area contributed by atoms with Crippen LogP contribution in [0.4, 0.5) is 0 Å². The van der Waals surface area contributed by atoms with Crippen LogP contribution in [-0.4, -0.2) is 62.0 Å². The van der Waals surface area contributed by atoms with Gasteiger partial charge in [0, 0.05) is 32.4 Å². The van der Waals surface area contributed by atoms with E-state index in [0.717, 1.165) is 13.1 Å². The first-order valence-corrected chi connectivity index (χ1v) is 7.90. The molecule has 0 radical (unpaired) electrons. The van der Waals surface area contributed by atoms with Gasteiger partial charge in [0.05, 0.1) is 0 Å². The first kappa shape index (κ1) is 22.1. The number of halogens is 1. The Labute approximate surface area is 144 Å². The molecule has 0 aromatic rings. The Morgan fingerprint density at radius 2 is 1.75 bits per heavy atom. The lowest BCUT2D eigenvalue weighted by Crippen LogP contribution is -2.42. The van der Waals surface area contributed by atoms with Crippen molar-refractivity contribution in [1.82, 2.24) is 15.5 Å². The lowest BCUT2D eigenvalue weighted by atomic mass is 10.2. The van der Waals surface area contributed by atoms with Gasteiger partial charge >= 0.3 is 0 Å². The molecule has 5 nitrogen and oxygen atoms in total. The Bertz CT molecular complexity index is 298. The molecule has 0 fully saturated rings. The second-order valence-corrected chi connectivity index (χ2v) is 6.43. The molecule has 0 aliphatic heterocycles. The maximum atomic E-state index is 11.5. The van der Waals surface area contributed by atoms with E-state index in [-0.39, 0.29) is 36.4 Å². The van der Waals surface area contributed by atoms with Crippen molar-refractivity contribution in [2.45, 2.75) is 26.0 Å². The van der Waals surface area contributed by atoms with Gasteiger partial charge in [-0.15, -0.1) is 24.0 Å². The zero-order valence-electron chi connectivity index (χ0n) is 13.4. The van der Waals surface area contributed by atoms with Crippen molar-refractivity contribution in [3.05, 3.63) is 0 Å². The van der Waals surface area contributed by atoms with Crippen molar-refractivity contribution in [3.8, 4) is 0 Å². The first-order valence-electron chi connectivity index (χ1n) is 6.62. The minimum absolute atomic E-state index is 0. The van der Waals surface area contributed by atoms with E-state index in [2.05, 4.69) is 42.7 Å². The van der Waals surface area contributed by atoms with Gasteiger partial charge in [-0.2, -0.15) is 11.8 Å². The van der Waals surface area contributed by atoms with Crippen LogP contribution in [0.15, 0.2) is 4.99 Å². The summed E-state index contributed by atoms with van der Waals surface area (Å²) in [5.41, 5.74) is 0. The summed E-state index contributed by atoms with van der Waals surface area (Å²) in [5, 5.41) is 7.03. The smallest absolute Gasteiger partial charge is 0.243 e. The molecule has 0 bridgehead atoms. The van der Waals surface area contributed by atoms with Crippen molar-refractivity contribution in [3.63, 3.8) is 0 Å². The second-order valence-electron chi connectivity index (χ2n) is 5.15. The molecule has 0 rings (SSSR count). The molecular formula is C13H29IN4OS. The van der Waals surface area contributed by atoms with Gasteiger partial charge in [-0.05, 0) is 12.2 Å².